The quantitative estimate of drug-likeness (QED) is 0.921. The summed E-state index contributed by atoms with van der Waals surface area (Å²) in [5.41, 5.74) is 3.82. The van der Waals surface area contributed by atoms with Gasteiger partial charge in [-0.3, -0.25) is 9.59 Å². The van der Waals surface area contributed by atoms with E-state index < -0.39 is 0 Å². The molecule has 25 heavy (non-hydrogen) atoms. The first-order valence-electron chi connectivity index (χ1n) is 8.85. The Balaban J connectivity index is 1.73. The molecule has 130 valence electrons. The highest BCUT2D eigenvalue weighted by molar-refractivity contribution is 5.97. The van der Waals surface area contributed by atoms with Crippen molar-refractivity contribution in [3.63, 3.8) is 0 Å². The van der Waals surface area contributed by atoms with Gasteiger partial charge in [-0.1, -0.05) is 44.2 Å². The zero-order valence-corrected chi connectivity index (χ0v) is 14.8. The lowest BCUT2D eigenvalue weighted by atomic mass is 9.99. The van der Waals surface area contributed by atoms with Crippen molar-refractivity contribution in [2.24, 2.45) is 5.92 Å². The van der Waals surface area contributed by atoms with Crippen molar-refractivity contribution in [2.75, 3.05) is 11.9 Å². The Morgan fingerprint density at radius 1 is 1.12 bits per heavy atom. The summed E-state index contributed by atoms with van der Waals surface area (Å²) >= 11 is 0. The molecule has 0 bridgehead atoms. The second-order valence-corrected chi connectivity index (χ2v) is 6.62. The third-order valence-corrected chi connectivity index (χ3v) is 4.85. The van der Waals surface area contributed by atoms with E-state index in [0.29, 0.717) is 17.8 Å². The number of carbonyl (C=O) groups excluding carboxylic acids is 2. The van der Waals surface area contributed by atoms with Gasteiger partial charge >= 0.3 is 0 Å². The fourth-order valence-electron chi connectivity index (χ4n) is 3.03. The van der Waals surface area contributed by atoms with E-state index in [1.54, 1.807) is 6.07 Å². The van der Waals surface area contributed by atoms with Gasteiger partial charge in [-0.2, -0.15) is 0 Å². The summed E-state index contributed by atoms with van der Waals surface area (Å²) in [4.78, 5) is 26.8. The van der Waals surface area contributed by atoms with Crippen molar-refractivity contribution in [1.82, 2.24) is 4.90 Å². The molecule has 1 unspecified atom stereocenters. The minimum atomic E-state index is -0.0436. The molecule has 2 amide bonds. The molecule has 0 fully saturated rings. The summed E-state index contributed by atoms with van der Waals surface area (Å²) < 4.78 is 0. The molecule has 1 atom stereocenters. The number of anilines is 1. The van der Waals surface area contributed by atoms with Gasteiger partial charge in [0, 0.05) is 30.3 Å². The standard InChI is InChI=1S/C21H24N2O2/c1-3-15(2)20(24)22-19-10-6-9-17(13-19)21(25)23-12-11-16-7-4-5-8-18(16)14-23/h4-10,13,15H,3,11-12,14H2,1-2H3,(H,22,24). The number of benzene rings is 2. The Morgan fingerprint density at radius 3 is 2.64 bits per heavy atom. The lowest BCUT2D eigenvalue weighted by Crippen LogP contribution is -2.36. The Kier molecular flexibility index (Phi) is 5.17. The van der Waals surface area contributed by atoms with Crippen LogP contribution in [0.2, 0.25) is 0 Å². The van der Waals surface area contributed by atoms with E-state index in [4.69, 9.17) is 0 Å². The number of hydrogen-bond acceptors (Lipinski definition) is 2. The van der Waals surface area contributed by atoms with Gasteiger partial charge in [-0.05, 0) is 42.2 Å². The van der Waals surface area contributed by atoms with Gasteiger partial charge in [0.2, 0.25) is 5.91 Å². The molecule has 1 heterocycles. The maximum Gasteiger partial charge on any atom is 0.254 e. The number of fused-ring (bicyclic) bond motifs is 1. The summed E-state index contributed by atoms with van der Waals surface area (Å²) in [6, 6.07) is 15.5. The smallest absolute Gasteiger partial charge is 0.254 e. The van der Waals surface area contributed by atoms with E-state index >= 15 is 0 Å². The number of amides is 2. The zero-order valence-electron chi connectivity index (χ0n) is 14.8. The van der Waals surface area contributed by atoms with Crippen molar-refractivity contribution in [3.8, 4) is 0 Å². The van der Waals surface area contributed by atoms with Gasteiger partial charge in [-0.15, -0.1) is 0 Å². The lowest BCUT2D eigenvalue weighted by Gasteiger charge is -2.29. The molecule has 3 rings (SSSR count). The average Bonchev–Trinajstić information content (AvgIpc) is 2.66. The summed E-state index contributed by atoms with van der Waals surface area (Å²) in [6.45, 7) is 5.24. The number of carbonyl (C=O) groups is 2. The van der Waals surface area contributed by atoms with Crippen LogP contribution in [0.25, 0.3) is 0 Å². The second kappa shape index (κ2) is 7.51. The third kappa shape index (κ3) is 3.90. The van der Waals surface area contributed by atoms with Crippen LogP contribution in [0.15, 0.2) is 48.5 Å². The van der Waals surface area contributed by atoms with E-state index in [-0.39, 0.29) is 17.7 Å². The van der Waals surface area contributed by atoms with E-state index in [1.807, 2.05) is 49.1 Å². The van der Waals surface area contributed by atoms with E-state index in [0.717, 1.165) is 19.4 Å². The van der Waals surface area contributed by atoms with Gasteiger partial charge in [0.05, 0.1) is 0 Å². The molecule has 1 aliphatic heterocycles. The maximum atomic E-state index is 12.9. The topological polar surface area (TPSA) is 49.4 Å². The molecule has 0 aromatic heterocycles. The van der Waals surface area contributed by atoms with Crippen LogP contribution >= 0.6 is 0 Å². The largest absolute Gasteiger partial charge is 0.334 e. The van der Waals surface area contributed by atoms with Crippen LogP contribution < -0.4 is 5.32 Å². The first-order valence-corrected chi connectivity index (χ1v) is 8.85. The normalized spacial score (nSPS) is 14.6. The summed E-state index contributed by atoms with van der Waals surface area (Å²) in [5, 5.41) is 2.90. The molecule has 1 N–H and O–H groups in total. The number of nitrogens with one attached hydrogen (secondary N) is 1. The predicted molar refractivity (Wildman–Crippen MR) is 99.4 cm³/mol. The molecule has 2 aromatic rings. The van der Waals surface area contributed by atoms with Gasteiger partial charge in [-0.25, -0.2) is 0 Å². The van der Waals surface area contributed by atoms with Gasteiger partial charge in [0.1, 0.15) is 0 Å². The number of hydrogen-bond donors (Lipinski definition) is 1. The van der Waals surface area contributed by atoms with Crippen LogP contribution in [0.4, 0.5) is 5.69 Å². The number of rotatable bonds is 4. The molecule has 2 aromatic carbocycles. The average molecular weight is 336 g/mol. The van der Waals surface area contributed by atoms with Crippen molar-refractivity contribution in [1.29, 1.82) is 0 Å². The lowest BCUT2D eigenvalue weighted by molar-refractivity contribution is -0.119. The molecule has 1 aliphatic rings. The van der Waals surface area contributed by atoms with Crippen LogP contribution in [-0.2, 0) is 17.8 Å². The Hall–Kier alpha value is -2.62. The van der Waals surface area contributed by atoms with E-state index in [9.17, 15) is 9.59 Å². The van der Waals surface area contributed by atoms with Crippen LogP contribution in [0.3, 0.4) is 0 Å². The Labute approximate surface area is 148 Å². The highest BCUT2D eigenvalue weighted by Crippen LogP contribution is 2.21. The molecule has 0 spiro atoms. The second-order valence-electron chi connectivity index (χ2n) is 6.62. The predicted octanol–water partition coefficient (Wildman–Crippen LogP) is 3.87. The highest BCUT2D eigenvalue weighted by atomic mass is 16.2. The fourth-order valence-corrected chi connectivity index (χ4v) is 3.03. The monoisotopic (exact) mass is 336 g/mol. The first-order chi connectivity index (χ1) is 12.1. The van der Waals surface area contributed by atoms with Gasteiger partial charge < -0.3 is 10.2 Å². The number of nitrogens with zero attached hydrogens (tertiary/aromatic N) is 1. The molecular weight excluding hydrogens is 312 g/mol. The van der Waals surface area contributed by atoms with Crippen LogP contribution in [0, 0.1) is 5.92 Å². The van der Waals surface area contributed by atoms with Crippen molar-refractivity contribution >= 4 is 17.5 Å². The van der Waals surface area contributed by atoms with Crippen LogP contribution in [-0.4, -0.2) is 23.3 Å². The molecule has 0 saturated heterocycles. The van der Waals surface area contributed by atoms with E-state index in [1.165, 1.54) is 11.1 Å². The molecular formula is C21H24N2O2. The highest BCUT2D eigenvalue weighted by Gasteiger charge is 2.22. The molecule has 4 nitrogen and oxygen atoms in total. The van der Waals surface area contributed by atoms with Crippen LogP contribution in [0.5, 0.6) is 0 Å². The van der Waals surface area contributed by atoms with Crippen molar-refractivity contribution in [2.45, 2.75) is 33.2 Å². The van der Waals surface area contributed by atoms with E-state index in [2.05, 4.69) is 17.4 Å². The van der Waals surface area contributed by atoms with Gasteiger partial charge in [0.25, 0.3) is 5.91 Å². The summed E-state index contributed by atoms with van der Waals surface area (Å²) in [6.07, 6.45) is 1.67. The first kappa shape index (κ1) is 17.2. The van der Waals surface area contributed by atoms with Crippen LogP contribution in [0.1, 0.15) is 41.8 Å². The maximum absolute atomic E-state index is 12.9. The third-order valence-electron chi connectivity index (χ3n) is 4.85. The Bertz CT molecular complexity index is 785. The summed E-state index contributed by atoms with van der Waals surface area (Å²) in [5.74, 6) is -0.0499. The molecule has 4 heteroatoms. The SMILES string of the molecule is CCC(C)C(=O)Nc1cccc(C(=O)N2CCc3ccccc3C2)c1. The minimum Gasteiger partial charge on any atom is -0.334 e. The van der Waals surface area contributed by atoms with Crippen molar-refractivity contribution < 1.29 is 9.59 Å². The fraction of sp³-hybridized carbons (Fsp3) is 0.333. The molecule has 0 aliphatic carbocycles. The molecule has 0 saturated carbocycles. The summed E-state index contributed by atoms with van der Waals surface area (Å²) in [7, 11) is 0. The molecule has 0 radical (unpaired) electrons. The zero-order chi connectivity index (χ0) is 17.8. The Morgan fingerprint density at radius 2 is 1.88 bits per heavy atom. The van der Waals surface area contributed by atoms with Crippen molar-refractivity contribution in [3.05, 3.63) is 65.2 Å². The van der Waals surface area contributed by atoms with Gasteiger partial charge in [0.15, 0.2) is 0 Å². The minimum absolute atomic E-state index is 0.00846.